The molecule has 1 aromatic carbocycles. The average molecular weight is 394 g/mol. The van der Waals surface area contributed by atoms with E-state index in [0.717, 1.165) is 17.0 Å². The van der Waals surface area contributed by atoms with Gasteiger partial charge in [0.05, 0.1) is 7.11 Å². The van der Waals surface area contributed by atoms with Crippen LogP contribution in [0, 0.1) is 0 Å². The van der Waals surface area contributed by atoms with Gasteiger partial charge in [0.15, 0.2) is 17.3 Å². The van der Waals surface area contributed by atoms with Crippen LogP contribution in [0.25, 0.3) is 11.6 Å². The number of furan rings is 1. The number of methoxy groups -OCH3 is 1. The van der Waals surface area contributed by atoms with Gasteiger partial charge in [0, 0.05) is 32.3 Å². The number of rotatable bonds is 4. The Morgan fingerprint density at radius 1 is 1.28 bits per heavy atom. The highest BCUT2D eigenvalue weighted by Gasteiger charge is 2.27. The van der Waals surface area contributed by atoms with Gasteiger partial charge in [0.2, 0.25) is 0 Å². The number of ether oxygens (including phenoxy) is 1. The molecule has 1 aliphatic heterocycles. The van der Waals surface area contributed by atoms with Crippen molar-refractivity contribution in [3.05, 3.63) is 59.1 Å². The second kappa shape index (κ2) is 7.46. The summed E-state index contributed by atoms with van der Waals surface area (Å²) in [6.45, 7) is 0.508. The van der Waals surface area contributed by atoms with Gasteiger partial charge in [-0.2, -0.15) is 0 Å². The maximum atomic E-state index is 12.5. The predicted octanol–water partition coefficient (Wildman–Crippen LogP) is 2.45. The summed E-state index contributed by atoms with van der Waals surface area (Å²) >= 11 is 0. The van der Waals surface area contributed by atoms with E-state index in [0.29, 0.717) is 30.2 Å². The van der Waals surface area contributed by atoms with Crippen LogP contribution in [-0.2, 0) is 6.42 Å². The van der Waals surface area contributed by atoms with E-state index in [4.69, 9.17) is 9.15 Å². The highest BCUT2D eigenvalue weighted by atomic mass is 16.5. The zero-order valence-electron chi connectivity index (χ0n) is 16.5. The lowest BCUT2D eigenvalue weighted by Gasteiger charge is -2.15. The Morgan fingerprint density at radius 3 is 2.86 bits per heavy atom. The molecule has 29 heavy (non-hydrogen) atoms. The number of imidazole rings is 1. The van der Waals surface area contributed by atoms with Crippen LogP contribution in [0.4, 0.5) is 0 Å². The maximum Gasteiger partial charge on any atom is 0.289 e. The number of nitrogens with one attached hydrogen (secondary N) is 2. The van der Waals surface area contributed by atoms with E-state index in [1.165, 1.54) is 4.90 Å². The second-order valence-corrected chi connectivity index (χ2v) is 7.16. The molecule has 3 heterocycles. The van der Waals surface area contributed by atoms with E-state index >= 15 is 0 Å². The number of amides is 2. The van der Waals surface area contributed by atoms with Gasteiger partial charge < -0.3 is 24.4 Å². The van der Waals surface area contributed by atoms with Gasteiger partial charge in [-0.1, -0.05) is 12.1 Å². The van der Waals surface area contributed by atoms with E-state index < -0.39 is 0 Å². The fourth-order valence-corrected chi connectivity index (χ4v) is 3.41. The predicted molar refractivity (Wildman–Crippen MR) is 106 cm³/mol. The van der Waals surface area contributed by atoms with E-state index in [9.17, 15) is 9.59 Å². The molecule has 0 saturated heterocycles. The van der Waals surface area contributed by atoms with E-state index in [1.54, 1.807) is 33.3 Å². The largest absolute Gasteiger partial charge is 0.497 e. The molecule has 1 atom stereocenters. The van der Waals surface area contributed by atoms with Crippen molar-refractivity contribution in [2.24, 2.45) is 0 Å². The molecule has 0 fully saturated rings. The molecule has 8 heteroatoms. The van der Waals surface area contributed by atoms with Crippen molar-refractivity contribution in [2.45, 2.75) is 12.3 Å². The van der Waals surface area contributed by atoms with Gasteiger partial charge in [0.25, 0.3) is 11.8 Å². The Hall–Kier alpha value is -3.55. The van der Waals surface area contributed by atoms with Crippen molar-refractivity contribution in [1.82, 2.24) is 20.2 Å². The molecule has 0 radical (unpaired) electrons. The van der Waals surface area contributed by atoms with Crippen LogP contribution in [0.1, 0.15) is 38.2 Å². The molecule has 0 bridgehead atoms. The lowest BCUT2D eigenvalue weighted by molar-refractivity contribution is 0.0797. The van der Waals surface area contributed by atoms with Crippen molar-refractivity contribution in [1.29, 1.82) is 0 Å². The van der Waals surface area contributed by atoms with Crippen LogP contribution >= 0.6 is 0 Å². The van der Waals surface area contributed by atoms with Gasteiger partial charge in [0.1, 0.15) is 11.4 Å². The van der Waals surface area contributed by atoms with Crippen molar-refractivity contribution in [3.63, 3.8) is 0 Å². The monoisotopic (exact) mass is 394 g/mol. The summed E-state index contributed by atoms with van der Waals surface area (Å²) in [5.41, 5.74) is 2.16. The molecule has 0 spiro atoms. The molecule has 150 valence electrons. The number of fused-ring (bicyclic) bond motifs is 1. The smallest absolute Gasteiger partial charge is 0.289 e. The van der Waals surface area contributed by atoms with Crippen LogP contribution in [0.15, 0.2) is 40.8 Å². The van der Waals surface area contributed by atoms with Crippen LogP contribution < -0.4 is 10.1 Å². The SMILES string of the molecule is COc1cccc([C@H]2CNC(=O)c3nc(-c4ccc(C(=O)N(C)C)o4)[nH]c3C2)c1. The molecule has 0 saturated carbocycles. The Bertz CT molecular complexity index is 1070. The Kier molecular flexibility index (Phi) is 4.84. The standard InChI is InChI=1S/C21H22N4O4/c1-25(2)21(27)17-8-7-16(29-17)19-23-15-10-13(11-22-20(26)18(15)24-19)12-5-4-6-14(9-12)28-3/h4-9,13H,10-11H2,1-3H3,(H,22,26)(H,23,24)/t13-/m1/s1. The van der Waals surface area contributed by atoms with Gasteiger partial charge in [-0.15, -0.1) is 0 Å². The number of hydrogen-bond acceptors (Lipinski definition) is 5. The minimum Gasteiger partial charge on any atom is -0.497 e. The molecule has 2 amide bonds. The van der Waals surface area contributed by atoms with Crippen LogP contribution in [0.2, 0.25) is 0 Å². The third kappa shape index (κ3) is 3.61. The van der Waals surface area contributed by atoms with Gasteiger partial charge in [-0.3, -0.25) is 9.59 Å². The summed E-state index contributed by atoms with van der Waals surface area (Å²) in [4.78, 5) is 33.7. The van der Waals surface area contributed by atoms with E-state index in [1.807, 2.05) is 24.3 Å². The summed E-state index contributed by atoms with van der Waals surface area (Å²) in [6, 6.07) is 11.1. The molecule has 4 rings (SSSR count). The third-order valence-electron chi connectivity index (χ3n) is 4.97. The number of hydrogen-bond donors (Lipinski definition) is 2. The number of carbonyl (C=O) groups is 2. The summed E-state index contributed by atoms with van der Waals surface area (Å²) in [6.07, 6.45) is 0.610. The van der Waals surface area contributed by atoms with Gasteiger partial charge in [-0.25, -0.2) is 4.98 Å². The summed E-state index contributed by atoms with van der Waals surface area (Å²) in [5, 5.41) is 2.94. The van der Waals surface area contributed by atoms with Crippen LogP contribution in [0.5, 0.6) is 5.75 Å². The highest BCUT2D eigenvalue weighted by molar-refractivity contribution is 5.95. The first-order chi connectivity index (χ1) is 14.0. The minimum atomic E-state index is -0.236. The van der Waals surface area contributed by atoms with Crippen molar-refractivity contribution in [3.8, 4) is 17.3 Å². The fraction of sp³-hybridized carbons (Fsp3) is 0.286. The zero-order chi connectivity index (χ0) is 20.5. The highest BCUT2D eigenvalue weighted by Crippen LogP contribution is 2.29. The molecular weight excluding hydrogens is 372 g/mol. The summed E-state index contributed by atoms with van der Waals surface area (Å²) in [5.74, 6) is 1.44. The number of H-pyrrole nitrogens is 1. The van der Waals surface area contributed by atoms with E-state index in [-0.39, 0.29) is 23.5 Å². The van der Waals surface area contributed by atoms with Crippen molar-refractivity contribution < 1.29 is 18.7 Å². The van der Waals surface area contributed by atoms with E-state index in [2.05, 4.69) is 15.3 Å². The number of nitrogens with zero attached hydrogens (tertiary/aromatic N) is 2. The summed E-state index contributed by atoms with van der Waals surface area (Å²) in [7, 11) is 4.94. The van der Waals surface area contributed by atoms with Crippen molar-refractivity contribution in [2.75, 3.05) is 27.7 Å². The first-order valence-electron chi connectivity index (χ1n) is 9.29. The quantitative estimate of drug-likeness (QED) is 0.708. The van der Waals surface area contributed by atoms with Gasteiger partial charge >= 0.3 is 0 Å². The maximum absolute atomic E-state index is 12.5. The Balaban J connectivity index is 1.64. The van der Waals surface area contributed by atoms with Gasteiger partial charge in [-0.05, 0) is 36.2 Å². The topological polar surface area (TPSA) is 100 Å². The molecule has 2 N–H and O–H groups in total. The first-order valence-corrected chi connectivity index (χ1v) is 9.29. The molecular formula is C21H22N4O4. The Labute approximate surface area is 167 Å². The molecule has 2 aromatic heterocycles. The number of carbonyl (C=O) groups excluding carboxylic acids is 2. The second-order valence-electron chi connectivity index (χ2n) is 7.16. The van der Waals surface area contributed by atoms with Crippen LogP contribution in [-0.4, -0.2) is 54.4 Å². The average Bonchev–Trinajstić information content (AvgIpc) is 3.34. The normalized spacial score (nSPS) is 16.0. The molecule has 3 aromatic rings. The third-order valence-corrected chi connectivity index (χ3v) is 4.97. The number of aromatic nitrogens is 2. The minimum absolute atomic E-state index is 0.0751. The number of aromatic amines is 1. The Morgan fingerprint density at radius 2 is 2.10 bits per heavy atom. The van der Waals surface area contributed by atoms with Crippen molar-refractivity contribution >= 4 is 11.8 Å². The molecule has 1 aliphatic rings. The number of benzene rings is 1. The lowest BCUT2D eigenvalue weighted by Crippen LogP contribution is -2.26. The molecule has 8 nitrogen and oxygen atoms in total. The summed E-state index contributed by atoms with van der Waals surface area (Å²) < 4.78 is 11.0. The first kappa shape index (κ1) is 18.8. The zero-order valence-corrected chi connectivity index (χ0v) is 16.5. The molecule has 0 aliphatic carbocycles. The fourth-order valence-electron chi connectivity index (χ4n) is 3.41. The molecule has 0 unspecified atom stereocenters. The lowest BCUT2D eigenvalue weighted by atomic mass is 9.94. The van der Waals surface area contributed by atoms with Crippen LogP contribution in [0.3, 0.4) is 0 Å².